The summed E-state index contributed by atoms with van der Waals surface area (Å²) in [5, 5.41) is 30.9. The average Bonchev–Trinajstić information content (AvgIpc) is 3.03. The first-order valence-electron chi connectivity index (χ1n) is 13.6. The van der Waals surface area contributed by atoms with Crippen LogP contribution in [0.4, 0.5) is 0 Å². The molecule has 0 heterocycles. The quantitative estimate of drug-likeness (QED) is 0.102. The summed E-state index contributed by atoms with van der Waals surface area (Å²) in [6.45, 7) is 0. The smallest absolute Gasteiger partial charge is 0.164 e. The number of carbonyl (C=O) groups excluding carboxylic acids is 1. The van der Waals surface area contributed by atoms with Gasteiger partial charge in [0.2, 0.25) is 0 Å². The van der Waals surface area contributed by atoms with Crippen LogP contribution in [0.5, 0.6) is 40.2 Å². The number of ketones is 1. The van der Waals surface area contributed by atoms with Gasteiger partial charge >= 0.3 is 0 Å². The standard InChI is InChI=1S/C34H36O9/c1-39-29-19-33(43-5)32(42-4)18-25(29)24-8-6-7-23(21-11-14-27(37)31(16-21)41-3)34(24)28(38)17-22(35)12-9-20-10-13-26(36)30(15-20)40-2/h6,8-19,23-24,34-37H,7H2,1-5H3/b12-9+,22-17-/t23-,24-,34-/m1/s1. The maximum Gasteiger partial charge on any atom is 0.164 e. The van der Waals surface area contributed by atoms with E-state index in [2.05, 4.69) is 0 Å². The van der Waals surface area contributed by atoms with Crippen molar-refractivity contribution in [1.82, 2.24) is 0 Å². The lowest BCUT2D eigenvalue weighted by Gasteiger charge is -2.35. The number of phenolic OH excluding ortho intramolecular Hbond substituents is 2. The Morgan fingerprint density at radius 3 is 2.02 bits per heavy atom. The Morgan fingerprint density at radius 1 is 0.767 bits per heavy atom. The van der Waals surface area contributed by atoms with Gasteiger partial charge in [0.05, 0.1) is 35.5 Å². The van der Waals surface area contributed by atoms with Gasteiger partial charge in [0.1, 0.15) is 11.5 Å². The zero-order valence-corrected chi connectivity index (χ0v) is 24.7. The Balaban J connectivity index is 1.79. The summed E-state index contributed by atoms with van der Waals surface area (Å²) < 4.78 is 27.2. The Bertz CT molecular complexity index is 1550. The minimum Gasteiger partial charge on any atom is -0.508 e. The second kappa shape index (κ2) is 13.7. The third kappa shape index (κ3) is 6.72. The molecule has 0 unspecified atom stereocenters. The maximum absolute atomic E-state index is 14.1. The van der Waals surface area contributed by atoms with E-state index in [1.165, 1.54) is 46.7 Å². The fourth-order valence-electron chi connectivity index (χ4n) is 5.41. The van der Waals surface area contributed by atoms with Crippen LogP contribution in [0.15, 0.2) is 78.6 Å². The third-order valence-electron chi connectivity index (χ3n) is 7.55. The molecule has 1 aliphatic rings. The van der Waals surface area contributed by atoms with Crippen LogP contribution in [0.25, 0.3) is 6.08 Å². The zero-order chi connectivity index (χ0) is 31.1. The second-order valence-corrected chi connectivity index (χ2v) is 9.94. The largest absolute Gasteiger partial charge is 0.508 e. The highest BCUT2D eigenvalue weighted by molar-refractivity contribution is 5.94. The molecular weight excluding hydrogens is 552 g/mol. The fraction of sp³-hybridized carbons (Fsp3) is 0.265. The van der Waals surface area contributed by atoms with Gasteiger partial charge in [-0.3, -0.25) is 4.79 Å². The van der Waals surface area contributed by atoms with Gasteiger partial charge in [-0.1, -0.05) is 30.4 Å². The number of aliphatic hydroxyl groups excluding tert-OH is 1. The molecule has 226 valence electrons. The number of ether oxygens (including phenoxy) is 5. The van der Waals surface area contributed by atoms with E-state index in [-0.39, 0.29) is 34.7 Å². The molecule has 0 aromatic heterocycles. The van der Waals surface area contributed by atoms with Crippen molar-refractivity contribution in [2.45, 2.75) is 18.3 Å². The number of hydrogen-bond acceptors (Lipinski definition) is 9. The molecule has 3 atom stereocenters. The van der Waals surface area contributed by atoms with E-state index in [0.717, 1.165) is 5.56 Å². The van der Waals surface area contributed by atoms with Gasteiger partial charge in [0.15, 0.2) is 40.3 Å². The van der Waals surface area contributed by atoms with Gasteiger partial charge in [0.25, 0.3) is 0 Å². The number of carbonyl (C=O) groups is 1. The lowest BCUT2D eigenvalue weighted by molar-refractivity contribution is -0.119. The summed E-state index contributed by atoms with van der Waals surface area (Å²) >= 11 is 0. The van der Waals surface area contributed by atoms with Crippen molar-refractivity contribution in [3.8, 4) is 40.2 Å². The van der Waals surface area contributed by atoms with Crippen molar-refractivity contribution < 1.29 is 43.8 Å². The van der Waals surface area contributed by atoms with E-state index in [1.54, 1.807) is 55.7 Å². The average molecular weight is 589 g/mol. The first-order chi connectivity index (χ1) is 20.7. The molecule has 9 nitrogen and oxygen atoms in total. The molecule has 3 aromatic carbocycles. The SMILES string of the molecule is COc1cc(/C=C/C(O)=C/C(=O)[C@H]2[C@@H](c3cc(OC)c(OC)cc3OC)C=CC[C@@H]2c2ccc(O)c(OC)c2)ccc1O. The molecule has 0 radical (unpaired) electrons. The number of aliphatic hydroxyl groups is 1. The van der Waals surface area contributed by atoms with E-state index < -0.39 is 11.8 Å². The van der Waals surface area contributed by atoms with Gasteiger partial charge in [-0.15, -0.1) is 0 Å². The van der Waals surface area contributed by atoms with Crippen molar-refractivity contribution in [3.63, 3.8) is 0 Å². The normalized spacial score (nSPS) is 18.3. The van der Waals surface area contributed by atoms with Gasteiger partial charge in [-0.2, -0.15) is 0 Å². The molecule has 0 amide bonds. The molecule has 1 aliphatic carbocycles. The highest BCUT2D eigenvalue weighted by Crippen LogP contribution is 2.49. The van der Waals surface area contributed by atoms with Crippen LogP contribution in [0.1, 0.15) is 34.9 Å². The zero-order valence-electron chi connectivity index (χ0n) is 24.7. The Labute approximate surface area is 250 Å². The van der Waals surface area contributed by atoms with Crippen LogP contribution in [-0.2, 0) is 4.79 Å². The lowest BCUT2D eigenvalue weighted by atomic mass is 9.68. The number of benzene rings is 3. The second-order valence-electron chi connectivity index (χ2n) is 9.94. The predicted octanol–water partition coefficient (Wildman–Crippen LogP) is 6.31. The highest BCUT2D eigenvalue weighted by atomic mass is 16.5. The number of aromatic hydroxyl groups is 2. The molecule has 3 aromatic rings. The van der Waals surface area contributed by atoms with Crippen LogP contribution < -0.4 is 23.7 Å². The number of allylic oxidation sites excluding steroid dienone is 4. The summed E-state index contributed by atoms with van der Waals surface area (Å²) in [5.41, 5.74) is 2.16. The molecule has 0 saturated carbocycles. The molecule has 0 fully saturated rings. The predicted molar refractivity (Wildman–Crippen MR) is 163 cm³/mol. The van der Waals surface area contributed by atoms with E-state index in [0.29, 0.717) is 40.5 Å². The minimum atomic E-state index is -0.671. The fourth-order valence-corrected chi connectivity index (χ4v) is 5.41. The molecule has 4 rings (SSSR count). The molecule has 0 aliphatic heterocycles. The number of phenols is 2. The molecular formula is C34H36O9. The van der Waals surface area contributed by atoms with Crippen molar-refractivity contribution in [1.29, 1.82) is 0 Å². The van der Waals surface area contributed by atoms with Crippen molar-refractivity contribution in [2.75, 3.05) is 35.5 Å². The molecule has 0 bridgehead atoms. The summed E-state index contributed by atoms with van der Waals surface area (Å²) in [6, 6.07) is 13.3. The van der Waals surface area contributed by atoms with Gasteiger partial charge in [0, 0.05) is 29.5 Å². The van der Waals surface area contributed by atoms with E-state index in [9.17, 15) is 20.1 Å². The van der Waals surface area contributed by atoms with E-state index >= 15 is 0 Å². The van der Waals surface area contributed by atoms with Crippen molar-refractivity contribution in [3.05, 3.63) is 95.3 Å². The molecule has 9 heteroatoms. The molecule has 0 saturated heterocycles. The number of methoxy groups -OCH3 is 5. The van der Waals surface area contributed by atoms with Crippen LogP contribution in [0.2, 0.25) is 0 Å². The maximum atomic E-state index is 14.1. The van der Waals surface area contributed by atoms with Gasteiger partial charge in [-0.25, -0.2) is 0 Å². The monoisotopic (exact) mass is 588 g/mol. The Morgan fingerprint density at radius 2 is 1.37 bits per heavy atom. The number of rotatable bonds is 11. The Hall–Kier alpha value is -5.05. The highest BCUT2D eigenvalue weighted by Gasteiger charge is 2.39. The number of hydrogen-bond donors (Lipinski definition) is 3. The van der Waals surface area contributed by atoms with Gasteiger partial charge < -0.3 is 39.0 Å². The van der Waals surface area contributed by atoms with Crippen LogP contribution in [0.3, 0.4) is 0 Å². The minimum absolute atomic E-state index is 0.00604. The van der Waals surface area contributed by atoms with Crippen LogP contribution >= 0.6 is 0 Å². The first kappa shape index (κ1) is 30.9. The summed E-state index contributed by atoms with van der Waals surface area (Å²) in [6.07, 6.45) is 8.74. The molecule has 0 spiro atoms. The van der Waals surface area contributed by atoms with Crippen molar-refractivity contribution >= 4 is 11.9 Å². The van der Waals surface area contributed by atoms with Gasteiger partial charge in [-0.05, 0) is 59.9 Å². The Kier molecular flexibility index (Phi) is 9.87. The van der Waals surface area contributed by atoms with E-state index in [1.807, 2.05) is 12.2 Å². The van der Waals surface area contributed by atoms with E-state index in [4.69, 9.17) is 23.7 Å². The third-order valence-corrected chi connectivity index (χ3v) is 7.55. The summed E-state index contributed by atoms with van der Waals surface area (Å²) in [5.74, 6) is 0.0362. The first-order valence-corrected chi connectivity index (χ1v) is 13.6. The van der Waals surface area contributed by atoms with Crippen molar-refractivity contribution in [2.24, 2.45) is 5.92 Å². The summed E-state index contributed by atoms with van der Waals surface area (Å²) in [4.78, 5) is 14.1. The summed E-state index contributed by atoms with van der Waals surface area (Å²) in [7, 11) is 7.53. The van der Waals surface area contributed by atoms with Crippen LogP contribution in [0, 0.1) is 5.92 Å². The topological polar surface area (TPSA) is 124 Å². The molecule has 43 heavy (non-hydrogen) atoms. The molecule has 3 N–H and O–H groups in total. The lowest BCUT2D eigenvalue weighted by Crippen LogP contribution is -2.29. The van der Waals surface area contributed by atoms with Crippen LogP contribution in [-0.4, -0.2) is 56.7 Å².